The molecule has 0 bridgehead atoms. The molecule has 1 aliphatic carbocycles. The van der Waals surface area contributed by atoms with Gasteiger partial charge in [0.15, 0.2) is 0 Å². The normalized spacial score (nSPS) is 20.8. The largest absolute Gasteiger partial charge is 0.466 e. The standard InChI is InChI=1S/C24H44O4S/c1-5-7-8-12-17-24(3,4)22(26)18-29-21-16-15-20(25)19(21)13-10-9-11-14-23(27)28-6-2/h19,21-22,26H,5-18H2,1-4H3. The summed E-state index contributed by atoms with van der Waals surface area (Å²) in [6, 6.07) is 0. The summed E-state index contributed by atoms with van der Waals surface area (Å²) >= 11 is 1.80. The molecule has 1 rings (SSSR count). The van der Waals surface area contributed by atoms with E-state index in [4.69, 9.17) is 4.74 Å². The molecule has 4 nitrogen and oxygen atoms in total. The molecule has 3 unspecified atom stereocenters. The van der Waals surface area contributed by atoms with E-state index in [0.717, 1.165) is 44.3 Å². The summed E-state index contributed by atoms with van der Waals surface area (Å²) in [5, 5.41) is 11.1. The van der Waals surface area contributed by atoms with Crippen molar-refractivity contribution in [2.45, 2.75) is 116 Å². The molecular weight excluding hydrogens is 384 g/mol. The minimum absolute atomic E-state index is 0.0635. The van der Waals surface area contributed by atoms with Crippen molar-refractivity contribution >= 4 is 23.5 Å². The first-order chi connectivity index (χ1) is 13.8. The van der Waals surface area contributed by atoms with Crippen molar-refractivity contribution in [3.63, 3.8) is 0 Å². The van der Waals surface area contributed by atoms with Crippen molar-refractivity contribution in [1.82, 2.24) is 0 Å². The van der Waals surface area contributed by atoms with E-state index in [1.807, 2.05) is 6.92 Å². The highest BCUT2D eigenvalue weighted by atomic mass is 32.2. The van der Waals surface area contributed by atoms with Gasteiger partial charge in [0.1, 0.15) is 5.78 Å². The number of unbranched alkanes of at least 4 members (excludes halogenated alkanes) is 5. The topological polar surface area (TPSA) is 63.6 Å². The number of aliphatic hydroxyl groups excluding tert-OH is 1. The fourth-order valence-electron chi connectivity index (χ4n) is 4.08. The van der Waals surface area contributed by atoms with Gasteiger partial charge >= 0.3 is 5.97 Å². The zero-order chi connectivity index (χ0) is 21.7. The van der Waals surface area contributed by atoms with E-state index in [1.165, 1.54) is 25.7 Å². The first-order valence-electron chi connectivity index (χ1n) is 11.8. The molecule has 0 aliphatic heterocycles. The third-order valence-corrected chi connectivity index (χ3v) is 7.78. The van der Waals surface area contributed by atoms with Crippen LogP contribution in [0.5, 0.6) is 0 Å². The van der Waals surface area contributed by atoms with E-state index < -0.39 is 0 Å². The Balaban J connectivity index is 2.32. The van der Waals surface area contributed by atoms with E-state index in [1.54, 1.807) is 11.8 Å². The summed E-state index contributed by atoms with van der Waals surface area (Å²) < 4.78 is 4.95. The molecule has 0 saturated heterocycles. The number of esters is 1. The van der Waals surface area contributed by atoms with E-state index in [9.17, 15) is 14.7 Å². The second-order valence-corrected chi connectivity index (χ2v) is 10.5. The van der Waals surface area contributed by atoms with Crippen LogP contribution in [0.15, 0.2) is 0 Å². The van der Waals surface area contributed by atoms with Crippen LogP contribution in [-0.4, -0.2) is 40.6 Å². The Kier molecular flexibility index (Phi) is 13.2. The molecule has 3 atom stereocenters. The molecular formula is C24H44O4S. The maximum absolute atomic E-state index is 12.3. The first kappa shape index (κ1) is 26.5. The summed E-state index contributed by atoms with van der Waals surface area (Å²) in [5.41, 5.74) is -0.0635. The average molecular weight is 429 g/mol. The van der Waals surface area contributed by atoms with Gasteiger partial charge in [-0.05, 0) is 38.0 Å². The minimum atomic E-state index is -0.324. The number of Topliss-reactive ketones (excluding diaryl/α,β-unsaturated/α-hetero) is 1. The number of carbonyl (C=O) groups excluding carboxylic acids is 2. The second-order valence-electron chi connectivity index (χ2n) is 9.20. The zero-order valence-corrected chi connectivity index (χ0v) is 20.0. The molecule has 29 heavy (non-hydrogen) atoms. The number of ether oxygens (including phenoxy) is 1. The Labute approximate surface area is 182 Å². The molecule has 0 aromatic heterocycles. The Morgan fingerprint density at radius 3 is 2.59 bits per heavy atom. The highest BCUT2D eigenvalue weighted by Gasteiger charge is 2.36. The lowest BCUT2D eigenvalue weighted by molar-refractivity contribution is -0.143. The van der Waals surface area contributed by atoms with Crippen LogP contribution in [0.4, 0.5) is 0 Å². The van der Waals surface area contributed by atoms with Crippen LogP contribution in [0.2, 0.25) is 0 Å². The maximum atomic E-state index is 12.3. The number of thioether (sulfide) groups is 1. The number of ketones is 1. The number of rotatable bonds is 16. The molecule has 0 radical (unpaired) electrons. The van der Waals surface area contributed by atoms with Crippen LogP contribution in [0.3, 0.4) is 0 Å². The fraction of sp³-hybridized carbons (Fsp3) is 0.917. The quantitative estimate of drug-likeness (QED) is 0.243. The molecule has 0 spiro atoms. The predicted molar refractivity (Wildman–Crippen MR) is 122 cm³/mol. The Morgan fingerprint density at radius 1 is 1.17 bits per heavy atom. The third kappa shape index (κ3) is 10.3. The molecule has 0 heterocycles. The average Bonchev–Trinajstić information content (AvgIpc) is 3.03. The first-order valence-corrected chi connectivity index (χ1v) is 12.8. The monoisotopic (exact) mass is 428 g/mol. The van der Waals surface area contributed by atoms with Crippen molar-refractivity contribution in [3.05, 3.63) is 0 Å². The van der Waals surface area contributed by atoms with Gasteiger partial charge in [0, 0.05) is 29.8 Å². The van der Waals surface area contributed by atoms with Crippen molar-refractivity contribution in [1.29, 1.82) is 0 Å². The van der Waals surface area contributed by atoms with E-state index in [0.29, 0.717) is 30.5 Å². The van der Waals surface area contributed by atoms with Gasteiger partial charge in [-0.3, -0.25) is 9.59 Å². The summed E-state index contributed by atoms with van der Waals surface area (Å²) in [5.74, 6) is 1.12. The predicted octanol–water partition coefficient (Wildman–Crippen LogP) is 5.94. The Bertz CT molecular complexity index is 478. The van der Waals surface area contributed by atoms with Crippen LogP contribution in [-0.2, 0) is 14.3 Å². The Hall–Kier alpha value is -0.550. The zero-order valence-electron chi connectivity index (χ0n) is 19.2. The van der Waals surface area contributed by atoms with Crippen molar-refractivity contribution in [3.8, 4) is 0 Å². The van der Waals surface area contributed by atoms with Gasteiger partial charge in [-0.15, -0.1) is 0 Å². The molecule has 1 saturated carbocycles. The van der Waals surface area contributed by atoms with E-state index in [2.05, 4.69) is 20.8 Å². The van der Waals surface area contributed by atoms with Crippen LogP contribution in [0.25, 0.3) is 0 Å². The fourth-order valence-corrected chi connectivity index (χ4v) is 5.77. The Morgan fingerprint density at radius 2 is 1.90 bits per heavy atom. The van der Waals surface area contributed by atoms with Gasteiger partial charge in [0.25, 0.3) is 0 Å². The number of carbonyl (C=O) groups is 2. The number of aliphatic hydroxyl groups is 1. The van der Waals surface area contributed by atoms with Crippen LogP contribution in [0.1, 0.15) is 105 Å². The maximum Gasteiger partial charge on any atom is 0.305 e. The van der Waals surface area contributed by atoms with Gasteiger partial charge in [-0.25, -0.2) is 0 Å². The van der Waals surface area contributed by atoms with Gasteiger partial charge in [-0.2, -0.15) is 11.8 Å². The lowest BCUT2D eigenvalue weighted by atomic mass is 9.82. The summed E-state index contributed by atoms with van der Waals surface area (Å²) in [7, 11) is 0. The number of hydrogen-bond donors (Lipinski definition) is 1. The van der Waals surface area contributed by atoms with E-state index in [-0.39, 0.29) is 23.4 Å². The van der Waals surface area contributed by atoms with Crippen LogP contribution < -0.4 is 0 Å². The SMILES string of the molecule is CCCCCCC(C)(C)C(O)CSC1CCC(=O)C1CCCCCC(=O)OCC. The van der Waals surface area contributed by atoms with Crippen molar-refractivity contribution in [2.24, 2.45) is 11.3 Å². The highest BCUT2D eigenvalue weighted by molar-refractivity contribution is 8.00. The molecule has 5 heteroatoms. The van der Waals surface area contributed by atoms with Crippen molar-refractivity contribution in [2.75, 3.05) is 12.4 Å². The smallest absolute Gasteiger partial charge is 0.305 e. The molecule has 0 aromatic carbocycles. The molecule has 0 amide bonds. The van der Waals surface area contributed by atoms with Crippen LogP contribution >= 0.6 is 11.8 Å². The minimum Gasteiger partial charge on any atom is -0.466 e. The highest BCUT2D eigenvalue weighted by Crippen LogP contribution is 2.38. The van der Waals surface area contributed by atoms with Gasteiger partial charge in [0.05, 0.1) is 12.7 Å². The summed E-state index contributed by atoms with van der Waals surface area (Å²) in [6.07, 6.45) is 11.5. The molecule has 1 fully saturated rings. The summed E-state index contributed by atoms with van der Waals surface area (Å²) in [4.78, 5) is 23.7. The van der Waals surface area contributed by atoms with E-state index >= 15 is 0 Å². The second kappa shape index (κ2) is 14.5. The lowest BCUT2D eigenvalue weighted by Gasteiger charge is -2.31. The molecule has 1 N–H and O–H groups in total. The van der Waals surface area contributed by atoms with Gasteiger partial charge in [0.2, 0.25) is 0 Å². The molecule has 0 aromatic rings. The molecule has 170 valence electrons. The van der Waals surface area contributed by atoms with Crippen molar-refractivity contribution < 1.29 is 19.4 Å². The lowest BCUT2D eigenvalue weighted by Crippen LogP contribution is -2.32. The third-order valence-electron chi connectivity index (χ3n) is 6.28. The molecule has 1 aliphatic rings. The van der Waals surface area contributed by atoms with Gasteiger partial charge < -0.3 is 9.84 Å². The van der Waals surface area contributed by atoms with Gasteiger partial charge in [-0.1, -0.05) is 59.3 Å². The number of hydrogen-bond acceptors (Lipinski definition) is 5. The van der Waals surface area contributed by atoms with Crippen LogP contribution in [0, 0.1) is 11.3 Å². The summed E-state index contributed by atoms with van der Waals surface area (Å²) in [6.45, 7) is 8.83.